The molecule has 1 aliphatic carbocycles. The monoisotopic (exact) mass is 388 g/mol. The van der Waals surface area contributed by atoms with Crippen molar-refractivity contribution in [1.82, 2.24) is 10.6 Å². The first kappa shape index (κ1) is 24.7. The lowest BCUT2D eigenvalue weighted by molar-refractivity contribution is -0.126. The molecule has 0 bridgehead atoms. The Hall–Kier alpha value is -1.35. The van der Waals surface area contributed by atoms with Gasteiger partial charge in [0.15, 0.2) is 0 Å². The number of carbonyl (C=O) groups excluding carboxylic acids is 1. The highest BCUT2D eigenvalue weighted by Gasteiger charge is 2.24. The lowest BCUT2D eigenvalue weighted by atomic mass is 9.82. The molecule has 2 N–H and O–H groups in total. The summed E-state index contributed by atoms with van der Waals surface area (Å²) in [7, 11) is 0. The van der Waals surface area contributed by atoms with E-state index in [1.54, 1.807) is 0 Å². The Morgan fingerprint density at radius 1 is 1.04 bits per heavy atom. The number of benzene rings is 1. The van der Waals surface area contributed by atoms with Crippen molar-refractivity contribution < 1.29 is 4.79 Å². The van der Waals surface area contributed by atoms with Crippen LogP contribution < -0.4 is 10.6 Å². The Morgan fingerprint density at radius 3 is 2.21 bits per heavy atom. The van der Waals surface area contributed by atoms with Crippen LogP contribution in [0.25, 0.3) is 0 Å². The molecule has 1 heterocycles. The molecule has 1 aromatic rings. The third-order valence-electron chi connectivity index (χ3n) is 5.56. The molecular weight excluding hydrogens is 344 g/mol. The number of hydrogen-bond donors (Lipinski definition) is 2. The summed E-state index contributed by atoms with van der Waals surface area (Å²) in [6.07, 6.45) is 8.31. The Kier molecular flexibility index (Phi) is 12.9. The second-order valence-corrected chi connectivity index (χ2v) is 8.16. The number of rotatable bonds is 4. The summed E-state index contributed by atoms with van der Waals surface area (Å²) in [5.41, 5.74) is 2.66. The van der Waals surface area contributed by atoms with Gasteiger partial charge in [0, 0.05) is 12.5 Å². The number of piperidine rings is 1. The van der Waals surface area contributed by atoms with Gasteiger partial charge < -0.3 is 10.6 Å². The number of carbonyl (C=O) groups is 1. The fourth-order valence-corrected chi connectivity index (χ4v) is 4.07. The molecule has 2 fully saturated rings. The van der Waals surface area contributed by atoms with Gasteiger partial charge in [-0.15, -0.1) is 0 Å². The van der Waals surface area contributed by atoms with E-state index >= 15 is 0 Å². The molecule has 1 aliphatic heterocycles. The summed E-state index contributed by atoms with van der Waals surface area (Å²) in [6.45, 7) is 13.4. The molecule has 1 saturated carbocycles. The van der Waals surface area contributed by atoms with Gasteiger partial charge in [0.2, 0.25) is 5.91 Å². The SMILES string of the molecule is CC.CC1CCCC(C(=O)NCc2ccc(C3CCNCC3)cc2)C1.CCC. The zero-order chi connectivity index (χ0) is 20.8. The average Bonchev–Trinajstić information content (AvgIpc) is 2.75. The van der Waals surface area contributed by atoms with E-state index in [1.807, 2.05) is 13.8 Å². The molecule has 2 atom stereocenters. The zero-order valence-electron chi connectivity index (χ0n) is 19.0. The minimum absolute atomic E-state index is 0.229. The molecule has 0 radical (unpaired) electrons. The second-order valence-electron chi connectivity index (χ2n) is 8.16. The largest absolute Gasteiger partial charge is 0.352 e. The van der Waals surface area contributed by atoms with Crippen LogP contribution in [0.15, 0.2) is 24.3 Å². The predicted molar refractivity (Wildman–Crippen MR) is 122 cm³/mol. The van der Waals surface area contributed by atoms with Gasteiger partial charge in [0.1, 0.15) is 0 Å². The molecule has 160 valence electrons. The summed E-state index contributed by atoms with van der Waals surface area (Å²) in [5, 5.41) is 6.55. The maximum Gasteiger partial charge on any atom is 0.223 e. The van der Waals surface area contributed by atoms with Gasteiger partial charge >= 0.3 is 0 Å². The molecule has 28 heavy (non-hydrogen) atoms. The van der Waals surface area contributed by atoms with E-state index in [0.29, 0.717) is 18.4 Å². The summed E-state index contributed by atoms with van der Waals surface area (Å²) >= 11 is 0. The molecule has 2 aliphatic rings. The highest BCUT2D eigenvalue weighted by Crippen LogP contribution is 2.29. The standard InChI is InChI=1S/C20H30N2O.C3H8.C2H6/c1-15-3-2-4-19(13-15)20(23)22-14-16-5-7-17(8-6-16)18-9-11-21-12-10-18;1-3-2;1-2/h5-8,15,18-19,21H,2-4,9-14H2,1H3,(H,22,23);3H2,1-2H3;1-2H3. The lowest BCUT2D eigenvalue weighted by Crippen LogP contribution is -2.33. The molecule has 2 unspecified atom stereocenters. The van der Waals surface area contributed by atoms with Crippen molar-refractivity contribution in [3.63, 3.8) is 0 Å². The van der Waals surface area contributed by atoms with E-state index < -0.39 is 0 Å². The molecule has 3 heteroatoms. The first-order chi connectivity index (χ1) is 13.6. The molecule has 3 nitrogen and oxygen atoms in total. The van der Waals surface area contributed by atoms with E-state index in [-0.39, 0.29) is 11.8 Å². The summed E-state index contributed by atoms with van der Waals surface area (Å²) in [6, 6.07) is 8.86. The van der Waals surface area contributed by atoms with Crippen molar-refractivity contribution in [2.75, 3.05) is 13.1 Å². The second kappa shape index (κ2) is 14.6. The van der Waals surface area contributed by atoms with E-state index in [9.17, 15) is 4.79 Å². The van der Waals surface area contributed by atoms with E-state index in [2.05, 4.69) is 55.7 Å². The van der Waals surface area contributed by atoms with Crippen LogP contribution in [0, 0.1) is 11.8 Å². The van der Waals surface area contributed by atoms with Crippen LogP contribution in [0.2, 0.25) is 0 Å². The average molecular weight is 389 g/mol. The maximum absolute atomic E-state index is 12.3. The molecular formula is C25H44N2O. The van der Waals surface area contributed by atoms with Gasteiger partial charge in [-0.2, -0.15) is 0 Å². The fourth-order valence-electron chi connectivity index (χ4n) is 4.07. The molecule has 1 aromatic carbocycles. The number of amides is 1. The van der Waals surface area contributed by atoms with E-state index in [1.165, 1.54) is 43.2 Å². The zero-order valence-corrected chi connectivity index (χ0v) is 19.0. The van der Waals surface area contributed by atoms with E-state index in [4.69, 9.17) is 0 Å². The van der Waals surface area contributed by atoms with Crippen molar-refractivity contribution in [3.05, 3.63) is 35.4 Å². The van der Waals surface area contributed by atoms with Gasteiger partial charge in [-0.1, -0.05) is 78.1 Å². The first-order valence-electron chi connectivity index (χ1n) is 11.7. The molecule has 1 saturated heterocycles. The third kappa shape index (κ3) is 8.77. The van der Waals surface area contributed by atoms with Gasteiger partial charge in [-0.3, -0.25) is 4.79 Å². The van der Waals surface area contributed by atoms with Crippen LogP contribution in [0.3, 0.4) is 0 Å². The quantitative estimate of drug-likeness (QED) is 0.660. The van der Waals surface area contributed by atoms with E-state index in [0.717, 1.165) is 25.9 Å². The lowest BCUT2D eigenvalue weighted by Gasteiger charge is -2.26. The van der Waals surface area contributed by atoms with Gasteiger partial charge in [-0.05, 0) is 61.7 Å². The normalized spacial score (nSPS) is 22.2. The van der Waals surface area contributed by atoms with Gasteiger partial charge in [-0.25, -0.2) is 0 Å². The molecule has 0 aromatic heterocycles. The van der Waals surface area contributed by atoms with Crippen LogP contribution in [-0.2, 0) is 11.3 Å². The van der Waals surface area contributed by atoms with Crippen molar-refractivity contribution in [2.45, 2.75) is 92.0 Å². The van der Waals surface area contributed by atoms with Crippen molar-refractivity contribution >= 4 is 5.91 Å². The van der Waals surface area contributed by atoms with Crippen molar-refractivity contribution in [2.24, 2.45) is 11.8 Å². The predicted octanol–water partition coefficient (Wildman–Crippen LogP) is 6.04. The Morgan fingerprint density at radius 2 is 1.64 bits per heavy atom. The van der Waals surface area contributed by atoms with Crippen LogP contribution in [0.5, 0.6) is 0 Å². The van der Waals surface area contributed by atoms with Crippen molar-refractivity contribution in [1.29, 1.82) is 0 Å². The van der Waals surface area contributed by atoms with Crippen LogP contribution >= 0.6 is 0 Å². The smallest absolute Gasteiger partial charge is 0.223 e. The van der Waals surface area contributed by atoms with Crippen LogP contribution in [-0.4, -0.2) is 19.0 Å². The summed E-state index contributed by atoms with van der Waals surface area (Å²) in [4.78, 5) is 12.3. The van der Waals surface area contributed by atoms with Crippen molar-refractivity contribution in [3.8, 4) is 0 Å². The minimum atomic E-state index is 0.229. The topological polar surface area (TPSA) is 41.1 Å². The molecule has 1 amide bonds. The first-order valence-corrected chi connectivity index (χ1v) is 11.7. The van der Waals surface area contributed by atoms with Crippen LogP contribution in [0.4, 0.5) is 0 Å². The maximum atomic E-state index is 12.3. The van der Waals surface area contributed by atoms with Gasteiger partial charge in [0.05, 0.1) is 0 Å². The Labute approximate surface area is 174 Å². The molecule has 0 spiro atoms. The fraction of sp³-hybridized carbons (Fsp3) is 0.720. The highest BCUT2D eigenvalue weighted by molar-refractivity contribution is 5.78. The molecule has 3 rings (SSSR count). The van der Waals surface area contributed by atoms with Crippen LogP contribution in [0.1, 0.15) is 96.6 Å². The Bertz CT molecular complexity index is 520. The highest BCUT2D eigenvalue weighted by atomic mass is 16.1. The van der Waals surface area contributed by atoms with Gasteiger partial charge in [0.25, 0.3) is 0 Å². The Balaban J connectivity index is 0.000000717. The summed E-state index contributed by atoms with van der Waals surface area (Å²) < 4.78 is 0. The summed E-state index contributed by atoms with van der Waals surface area (Å²) in [5.74, 6) is 1.87. The number of hydrogen-bond acceptors (Lipinski definition) is 2. The number of nitrogens with one attached hydrogen (secondary N) is 2. The third-order valence-corrected chi connectivity index (χ3v) is 5.56. The minimum Gasteiger partial charge on any atom is -0.352 e.